The first-order valence-corrected chi connectivity index (χ1v) is 7.14. The first-order valence-electron chi connectivity index (χ1n) is 7.14. The van der Waals surface area contributed by atoms with Crippen LogP contribution in [0.15, 0.2) is 36.8 Å². The van der Waals surface area contributed by atoms with E-state index in [1.807, 2.05) is 0 Å². The number of halogens is 1. The summed E-state index contributed by atoms with van der Waals surface area (Å²) in [5.41, 5.74) is 0.344. The highest BCUT2D eigenvalue weighted by atomic mass is 19.1. The summed E-state index contributed by atoms with van der Waals surface area (Å²) in [7, 11) is 1.42. The van der Waals surface area contributed by atoms with Crippen molar-refractivity contribution in [2.75, 3.05) is 5.32 Å². The van der Waals surface area contributed by atoms with Crippen molar-refractivity contribution in [3.63, 3.8) is 0 Å². The number of benzene rings is 1. The summed E-state index contributed by atoms with van der Waals surface area (Å²) in [5.74, 6) is -2.31. The molecule has 2 aromatic heterocycles. The van der Waals surface area contributed by atoms with Crippen LogP contribution in [0, 0.1) is 5.82 Å². The van der Waals surface area contributed by atoms with Crippen LogP contribution < -0.4 is 5.32 Å². The molecule has 0 spiro atoms. The molecule has 0 saturated heterocycles. The normalized spacial score (nSPS) is 10.6. The third-order valence-electron chi connectivity index (χ3n) is 3.38. The molecule has 0 aliphatic carbocycles. The topological polar surface area (TPSA) is 115 Å². The Morgan fingerprint density at radius 1 is 1.36 bits per heavy atom. The number of carboxylic acid groups (broad SMARTS) is 1. The molecule has 3 rings (SSSR count). The summed E-state index contributed by atoms with van der Waals surface area (Å²) >= 11 is 0. The van der Waals surface area contributed by atoms with Gasteiger partial charge < -0.3 is 5.11 Å². The zero-order valence-electron chi connectivity index (χ0n) is 13.0. The molecule has 0 fully saturated rings. The second-order valence-electron chi connectivity index (χ2n) is 5.19. The van der Waals surface area contributed by atoms with Gasteiger partial charge in [0.05, 0.1) is 18.3 Å². The van der Waals surface area contributed by atoms with E-state index in [-0.39, 0.29) is 29.6 Å². The van der Waals surface area contributed by atoms with Gasteiger partial charge in [-0.05, 0) is 17.7 Å². The van der Waals surface area contributed by atoms with Gasteiger partial charge >= 0.3 is 5.97 Å². The Morgan fingerprint density at radius 2 is 2.16 bits per heavy atom. The highest BCUT2D eigenvalue weighted by Crippen LogP contribution is 2.11. The number of hydrogen-bond acceptors (Lipinski definition) is 5. The lowest BCUT2D eigenvalue weighted by Gasteiger charge is -2.02. The number of aromatic nitrogens is 5. The maximum Gasteiger partial charge on any atom is 0.354 e. The van der Waals surface area contributed by atoms with Crippen LogP contribution in [0.2, 0.25) is 0 Å². The van der Waals surface area contributed by atoms with Crippen LogP contribution in [-0.4, -0.2) is 41.5 Å². The number of carboxylic acids is 1. The molecule has 1 amide bonds. The Morgan fingerprint density at radius 3 is 2.88 bits per heavy atom. The summed E-state index contributed by atoms with van der Waals surface area (Å²) < 4.78 is 15.7. The smallest absolute Gasteiger partial charge is 0.354 e. The Bertz CT molecular complexity index is 948. The van der Waals surface area contributed by atoms with Crippen LogP contribution >= 0.6 is 0 Å². The minimum atomic E-state index is -1.27. The van der Waals surface area contributed by atoms with Crippen molar-refractivity contribution in [1.29, 1.82) is 0 Å². The Hall–Kier alpha value is -3.56. The first kappa shape index (κ1) is 16.3. The summed E-state index contributed by atoms with van der Waals surface area (Å²) in [6.45, 7) is 0.272. The monoisotopic (exact) mass is 344 g/mol. The fraction of sp³-hybridized carbons (Fsp3) is 0.133. The summed E-state index contributed by atoms with van der Waals surface area (Å²) in [4.78, 5) is 27.3. The number of nitrogens with one attached hydrogen (secondary N) is 1. The van der Waals surface area contributed by atoms with Crippen molar-refractivity contribution in [3.05, 3.63) is 59.4 Å². The average molecular weight is 344 g/mol. The summed E-state index contributed by atoms with van der Waals surface area (Å²) in [6, 6.07) is 6.02. The largest absolute Gasteiger partial charge is 0.477 e. The van der Waals surface area contributed by atoms with Gasteiger partial charge in [0.2, 0.25) is 5.95 Å². The van der Waals surface area contributed by atoms with E-state index >= 15 is 0 Å². The fourth-order valence-corrected chi connectivity index (χ4v) is 2.28. The van der Waals surface area contributed by atoms with E-state index in [2.05, 4.69) is 20.5 Å². The zero-order valence-corrected chi connectivity index (χ0v) is 13.0. The SMILES string of the molecule is Cn1ncc(C(=O)Nc2ncn(Cc3cccc(F)c3)n2)c1C(=O)O. The molecule has 0 unspecified atom stereocenters. The quantitative estimate of drug-likeness (QED) is 0.717. The number of nitrogens with zero attached hydrogens (tertiary/aromatic N) is 5. The lowest BCUT2D eigenvalue weighted by Crippen LogP contribution is -2.18. The van der Waals surface area contributed by atoms with Gasteiger partial charge in [-0.15, -0.1) is 5.10 Å². The van der Waals surface area contributed by atoms with Crippen molar-refractivity contribution < 1.29 is 19.1 Å². The van der Waals surface area contributed by atoms with Gasteiger partial charge in [-0.25, -0.2) is 18.9 Å². The van der Waals surface area contributed by atoms with Gasteiger partial charge in [0.15, 0.2) is 5.69 Å². The predicted molar refractivity (Wildman–Crippen MR) is 83.6 cm³/mol. The maximum absolute atomic E-state index is 13.2. The number of anilines is 1. The summed E-state index contributed by atoms with van der Waals surface area (Å²) in [6.07, 6.45) is 2.53. The summed E-state index contributed by atoms with van der Waals surface area (Å²) in [5, 5.41) is 19.4. The van der Waals surface area contributed by atoms with Gasteiger partial charge in [0.25, 0.3) is 5.91 Å². The van der Waals surface area contributed by atoms with E-state index in [0.717, 1.165) is 10.9 Å². The van der Waals surface area contributed by atoms with Gasteiger partial charge in [0, 0.05) is 7.05 Å². The third-order valence-corrected chi connectivity index (χ3v) is 3.38. The number of carbonyl (C=O) groups excluding carboxylic acids is 1. The van der Waals surface area contributed by atoms with Gasteiger partial charge in [0.1, 0.15) is 12.1 Å². The van der Waals surface area contributed by atoms with Crippen LogP contribution in [0.25, 0.3) is 0 Å². The predicted octanol–water partition coefficient (Wildman–Crippen LogP) is 1.15. The molecule has 0 aliphatic rings. The van der Waals surface area contributed by atoms with Gasteiger partial charge in [-0.2, -0.15) is 5.10 Å². The third kappa shape index (κ3) is 3.52. The van der Waals surface area contributed by atoms with Crippen LogP contribution in [-0.2, 0) is 13.6 Å². The lowest BCUT2D eigenvalue weighted by atomic mass is 10.2. The molecule has 1 aromatic carbocycles. The number of aromatic carboxylic acids is 1. The van der Waals surface area contributed by atoms with E-state index in [1.165, 1.54) is 30.2 Å². The van der Waals surface area contributed by atoms with Crippen LogP contribution in [0.5, 0.6) is 0 Å². The molecule has 2 heterocycles. The van der Waals surface area contributed by atoms with Crippen LogP contribution in [0.4, 0.5) is 10.3 Å². The Labute approximate surface area is 140 Å². The Balaban J connectivity index is 1.73. The second-order valence-corrected chi connectivity index (χ2v) is 5.19. The van der Waals surface area contributed by atoms with Crippen molar-refractivity contribution in [2.24, 2.45) is 7.05 Å². The first-order chi connectivity index (χ1) is 11.9. The van der Waals surface area contributed by atoms with Gasteiger partial charge in [-0.3, -0.25) is 14.8 Å². The molecule has 25 heavy (non-hydrogen) atoms. The number of aryl methyl sites for hydroxylation is 1. The molecule has 2 N–H and O–H groups in total. The molecule has 128 valence electrons. The number of rotatable bonds is 5. The molecule has 0 radical (unpaired) electrons. The Kier molecular flexibility index (Phi) is 4.25. The van der Waals surface area contributed by atoms with Crippen molar-refractivity contribution >= 4 is 17.8 Å². The molecular formula is C15H13FN6O3. The molecule has 0 aliphatic heterocycles. The number of carbonyl (C=O) groups is 2. The lowest BCUT2D eigenvalue weighted by molar-refractivity contribution is 0.0680. The molecule has 10 heteroatoms. The second kappa shape index (κ2) is 6.51. The van der Waals surface area contributed by atoms with E-state index < -0.39 is 11.9 Å². The highest BCUT2D eigenvalue weighted by molar-refractivity contribution is 6.09. The molecule has 3 aromatic rings. The standard InChI is InChI=1S/C15H13FN6O3/c1-21-12(14(24)25)11(6-18-21)13(23)19-15-17-8-22(20-15)7-9-3-2-4-10(16)5-9/h2-6,8H,7H2,1H3,(H,24,25)(H,19,20,23). The van der Waals surface area contributed by atoms with Gasteiger partial charge in [-0.1, -0.05) is 12.1 Å². The van der Waals surface area contributed by atoms with Crippen LogP contribution in [0.3, 0.4) is 0 Å². The molecule has 9 nitrogen and oxygen atoms in total. The maximum atomic E-state index is 13.2. The number of amides is 1. The fourth-order valence-electron chi connectivity index (χ4n) is 2.28. The van der Waals surface area contributed by atoms with E-state index in [0.29, 0.717) is 5.56 Å². The highest BCUT2D eigenvalue weighted by Gasteiger charge is 2.22. The molecule has 0 atom stereocenters. The van der Waals surface area contributed by atoms with E-state index in [4.69, 9.17) is 5.11 Å². The van der Waals surface area contributed by atoms with E-state index in [1.54, 1.807) is 12.1 Å². The van der Waals surface area contributed by atoms with E-state index in [9.17, 15) is 14.0 Å². The minimum Gasteiger partial charge on any atom is -0.477 e. The van der Waals surface area contributed by atoms with Crippen molar-refractivity contribution in [2.45, 2.75) is 6.54 Å². The van der Waals surface area contributed by atoms with Crippen molar-refractivity contribution in [1.82, 2.24) is 24.5 Å². The average Bonchev–Trinajstić information content (AvgIpc) is 3.13. The minimum absolute atomic E-state index is 0.00148. The molecular weight excluding hydrogens is 331 g/mol. The van der Waals surface area contributed by atoms with Crippen molar-refractivity contribution in [3.8, 4) is 0 Å². The molecule has 0 saturated carbocycles. The zero-order chi connectivity index (χ0) is 18.0. The number of hydrogen-bond donors (Lipinski definition) is 2. The van der Waals surface area contributed by atoms with Crippen LogP contribution in [0.1, 0.15) is 26.4 Å². The molecule has 0 bridgehead atoms.